The lowest BCUT2D eigenvalue weighted by Gasteiger charge is -2.43. The summed E-state index contributed by atoms with van der Waals surface area (Å²) in [6, 6.07) is 14.1. The van der Waals surface area contributed by atoms with E-state index in [2.05, 4.69) is 10.6 Å². The fourth-order valence-corrected chi connectivity index (χ4v) is 4.39. The normalized spacial score (nSPS) is 15.0. The largest absolute Gasteiger partial charge is 0.465 e. The number of hydrogen-bond donors (Lipinski definition) is 4. The Morgan fingerprint density at radius 1 is 0.909 bits per heavy atom. The van der Waals surface area contributed by atoms with Gasteiger partial charge < -0.3 is 20.8 Å². The molecule has 0 radical (unpaired) electrons. The summed E-state index contributed by atoms with van der Waals surface area (Å²) in [6.45, 7) is 3.39. The summed E-state index contributed by atoms with van der Waals surface area (Å²) in [5.41, 5.74) is 0.771. The molecule has 2 aromatic carbocycles. The highest BCUT2D eigenvalue weighted by Gasteiger charge is 2.49. The van der Waals surface area contributed by atoms with Crippen molar-refractivity contribution in [2.75, 3.05) is 6.54 Å². The van der Waals surface area contributed by atoms with Crippen LogP contribution >= 0.6 is 0 Å². The molecular formula is C24H27N3O6. The van der Waals surface area contributed by atoms with Gasteiger partial charge in [0.25, 0.3) is 11.8 Å². The predicted molar refractivity (Wildman–Crippen MR) is 120 cm³/mol. The fourth-order valence-electron chi connectivity index (χ4n) is 4.39. The van der Waals surface area contributed by atoms with Gasteiger partial charge in [-0.25, -0.2) is 9.59 Å². The molecule has 0 aliphatic carbocycles. The third-order valence-corrected chi connectivity index (χ3v) is 5.97. The molecular weight excluding hydrogens is 426 g/mol. The number of benzene rings is 2. The first-order valence-electron chi connectivity index (χ1n) is 10.6. The van der Waals surface area contributed by atoms with Gasteiger partial charge in [-0.1, -0.05) is 56.3 Å². The van der Waals surface area contributed by atoms with Crippen molar-refractivity contribution in [3.8, 4) is 0 Å². The van der Waals surface area contributed by atoms with Gasteiger partial charge in [0, 0.05) is 6.54 Å². The molecule has 0 unspecified atom stereocenters. The second-order valence-corrected chi connectivity index (χ2v) is 8.69. The number of carbonyl (C=O) groups excluding carboxylic acids is 2. The monoisotopic (exact) mass is 453 g/mol. The summed E-state index contributed by atoms with van der Waals surface area (Å²) in [5.74, 6) is -1.05. The molecule has 0 spiro atoms. The molecule has 2 aromatic rings. The number of nitrogens with zero attached hydrogens (tertiary/aromatic N) is 1. The minimum Gasteiger partial charge on any atom is -0.465 e. The van der Waals surface area contributed by atoms with Crippen molar-refractivity contribution in [1.29, 1.82) is 0 Å². The highest BCUT2D eigenvalue weighted by Crippen LogP contribution is 2.37. The van der Waals surface area contributed by atoms with E-state index >= 15 is 0 Å². The Morgan fingerprint density at radius 2 is 1.45 bits per heavy atom. The van der Waals surface area contributed by atoms with Crippen LogP contribution in [-0.2, 0) is 6.42 Å². The zero-order valence-corrected chi connectivity index (χ0v) is 18.4. The Bertz CT molecular complexity index is 1020. The second-order valence-electron chi connectivity index (χ2n) is 8.69. The lowest BCUT2D eigenvalue weighted by molar-refractivity contribution is 0.0329. The Balaban J connectivity index is 2.01. The molecule has 9 nitrogen and oxygen atoms in total. The molecule has 0 fully saturated rings. The second kappa shape index (κ2) is 9.72. The van der Waals surface area contributed by atoms with Gasteiger partial charge in [0.1, 0.15) is 0 Å². The van der Waals surface area contributed by atoms with Crippen LogP contribution in [0, 0.1) is 5.41 Å². The SMILES string of the molecule is CC(C)(CCc1ccccc1)[C@@H]([C@H](CNC(=O)O)NC(=O)O)N1C(=O)c2ccccc2C1=O. The first kappa shape index (κ1) is 23.8. The topological polar surface area (TPSA) is 136 Å². The quantitative estimate of drug-likeness (QED) is 0.431. The zero-order chi connectivity index (χ0) is 24.2. The van der Waals surface area contributed by atoms with E-state index in [4.69, 9.17) is 5.11 Å². The van der Waals surface area contributed by atoms with Crippen LogP contribution in [0.5, 0.6) is 0 Å². The van der Waals surface area contributed by atoms with Gasteiger partial charge in [-0.15, -0.1) is 0 Å². The highest BCUT2D eigenvalue weighted by atomic mass is 16.4. The van der Waals surface area contributed by atoms with Crippen molar-refractivity contribution < 1.29 is 29.4 Å². The van der Waals surface area contributed by atoms with Gasteiger partial charge in [-0.2, -0.15) is 0 Å². The lowest BCUT2D eigenvalue weighted by atomic mass is 9.75. The van der Waals surface area contributed by atoms with E-state index in [1.165, 1.54) is 0 Å². The number of nitrogens with one attached hydrogen (secondary N) is 2. The number of carbonyl (C=O) groups is 4. The van der Waals surface area contributed by atoms with Crippen molar-refractivity contribution in [3.63, 3.8) is 0 Å². The van der Waals surface area contributed by atoms with Gasteiger partial charge in [-0.3, -0.25) is 14.5 Å². The molecule has 0 saturated carbocycles. The maximum absolute atomic E-state index is 13.3. The van der Waals surface area contributed by atoms with Crippen molar-refractivity contribution in [3.05, 3.63) is 71.3 Å². The van der Waals surface area contributed by atoms with E-state index in [9.17, 15) is 24.3 Å². The van der Waals surface area contributed by atoms with Crippen molar-refractivity contribution >= 4 is 24.0 Å². The standard InChI is InChI=1S/C24H27N3O6/c1-24(2,13-12-15-8-4-3-5-9-15)19(18(26-23(32)33)14-25-22(30)31)27-20(28)16-10-6-7-11-17(16)21(27)29/h3-11,18-19,25-26H,12-14H2,1-2H3,(H,30,31)(H,32,33)/t18-,19+/m0/s1. The van der Waals surface area contributed by atoms with E-state index in [0.717, 1.165) is 10.5 Å². The van der Waals surface area contributed by atoms with E-state index in [0.29, 0.717) is 12.8 Å². The maximum atomic E-state index is 13.3. The minimum absolute atomic E-state index is 0.242. The van der Waals surface area contributed by atoms with Crippen LogP contribution in [0.15, 0.2) is 54.6 Å². The number of amides is 4. The summed E-state index contributed by atoms with van der Waals surface area (Å²) < 4.78 is 0. The Labute approximate surface area is 191 Å². The summed E-state index contributed by atoms with van der Waals surface area (Å²) >= 11 is 0. The number of imide groups is 1. The van der Waals surface area contributed by atoms with Gasteiger partial charge >= 0.3 is 12.2 Å². The van der Waals surface area contributed by atoms with Crippen molar-refractivity contribution in [2.24, 2.45) is 5.41 Å². The smallest absolute Gasteiger partial charge is 0.405 e. The molecule has 1 heterocycles. The molecule has 0 aromatic heterocycles. The Hall–Kier alpha value is -3.88. The van der Waals surface area contributed by atoms with E-state index in [1.54, 1.807) is 24.3 Å². The highest BCUT2D eigenvalue weighted by molar-refractivity contribution is 6.21. The van der Waals surface area contributed by atoms with Crippen LogP contribution in [0.3, 0.4) is 0 Å². The Morgan fingerprint density at radius 3 is 1.97 bits per heavy atom. The van der Waals surface area contributed by atoms with Crippen molar-refractivity contribution in [2.45, 2.75) is 38.8 Å². The van der Waals surface area contributed by atoms with E-state index in [-0.39, 0.29) is 17.7 Å². The molecule has 3 rings (SSSR count). The van der Waals surface area contributed by atoms with Crippen LogP contribution < -0.4 is 10.6 Å². The lowest BCUT2D eigenvalue weighted by Crippen LogP contribution is -2.62. The molecule has 1 aliphatic rings. The third-order valence-electron chi connectivity index (χ3n) is 5.97. The van der Waals surface area contributed by atoms with Gasteiger partial charge in [-0.05, 0) is 36.0 Å². The Kier molecular flexibility index (Phi) is 7.01. The number of rotatable bonds is 9. The first-order chi connectivity index (χ1) is 15.6. The number of aryl methyl sites for hydroxylation is 1. The summed E-state index contributed by atoms with van der Waals surface area (Å²) in [7, 11) is 0. The molecule has 174 valence electrons. The zero-order valence-electron chi connectivity index (χ0n) is 18.4. The molecule has 0 saturated heterocycles. The fraction of sp³-hybridized carbons (Fsp3) is 0.333. The minimum atomic E-state index is -1.38. The average Bonchev–Trinajstić information content (AvgIpc) is 3.02. The number of hydrogen-bond acceptors (Lipinski definition) is 4. The first-order valence-corrected chi connectivity index (χ1v) is 10.6. The maximum Gasteiger partial charge on any atom is 0.405 e. The van der Waals surface area contributed by atoms with Crippen LogP contribution in [-0.4, -0.2) is 57.7 Å². The molecule has 1 aliphatic heterocycles. The third kappa shape index (κ3) is 5.31. The molecule has 4 N–H and O–H groups in total. The summed E-state index contributed by atoms with van der Waals surface area (Å²) in [6.07, 6.45) is -1.58. The molecule has 4 amide bonds. The average molecular weight is 453 g/mol. The number of fused-ring (bicyclic) bond motifs is 1. The van der Waals surface area contributed by atoms with Gasteiger partial charge in [0.2, 0.25) is 0 Å². The molecule has 0 bridgehead atoms. The van der Waals surface area contributed by atoms with E-state index in [1.807, 2.05) is 44.2 Å². The number of carboxylic acid groups (broad SMARTS) is 2. The van der Waals surface area contributed by atoms with Crippen LogP contribution in [0.1, 0.15) is 46.5 Å². The predicted octanol–water partition coefficient (Wildman–Crippen LogP) is 3.21. The van der Waals surface area contributed by atoms with Gasteiger partial charge in [0.15, 0.2) is 0 Å². The summed E-state index contributed by atoms with van der Waals surface area (Å²) in [4.78, 5) is 50.4. The van der Waals surface area contributed by atoms with Crippen LogP contribution in [0.4, 0.5) is 9.59 Å². The van der Waals surface area contributed by atoms with Crippen LogP contribution in [0.2, 0.25) is 0 Å². The summed E-state index contributed by atoms with van der Waals surface area (Å²) in [5, 5.41) is 23.1. The van der Waals surface area contributed by atoms with Crippen molar-refractivity contribution in [1.82, 2.24) is 15.5 Å². The molecule has 9 heteroatoms. The van der Waals surface area contributed by atoms with Crippen LogP contribution in [0.25, 0.3) is 0 Å². The molecule has 2 atom stereocenters. The van der Waals surface area contributed by atoms with E-state index < -0.39 is 41.5 Å². The molecule has 33 heavy (non-hydrogen) atoms. The van der Waals surface area contributed by atoms with Gasteiger partial charge in [0.05, 0.1) is 23.2 Å².